The van der Waals surface area contributed by atoms with E-state index in [0.29, 0.717) is 6.42 Å². The molecular formula is C65H114NO8P. The molecule has 75 heavy (non-hydrogen) atoms. The first kappa shape index (κ1) is 71.9. The Hall–Kier alpha value is -3.07. The smallest absolute Gasteiger partial charge is 0.462 e. The fraction of sp³-hybridized carbons (Fsp3) is 0.723. The average molecular weight is 1070 g/mol. The molecule has 3 N–H and O–H groups in total. The highest BCUT2D eigenvalue weighted by Crippen LogP contribution is 2.43. The van der Waals surface area contributed by atoms with Gasteiger partial charge in [-0.05, 0) is 96.3 Å². The van der Waals surface area contributed by atoms with E-state index in [9.17, 15) is 19.0 Å². The second kappa shape index (κ2) is 60.2. The number of rotatable bonds is 57. The number of carbonyl (C=O) groups excluding carboxylic acids is 2. The molecule has 0 amide bonds. The lowest BCUT2D eigenvalue weighted by Gasteiger charge is -2.19. The summed E-state index contributed by atoms with van der Waals surface area (Å²) < 4.78 is 33.1. The van der Waals surface area contributed by atoms with E-state index in [0.717, 1.165) is 89.9 Å². The van der Waals surface area contributed by atoms with Crippen LogP contribution < -0.4 is 5.73 Å². The standard InChI is InChI=1S/C65H114NO8P/c1-3-5-7-9-11-13-15-17-19-21-23-25-27-28-29-30-31-32-33-34-36-38-40-42-44-46-48-50-52-54-56-58-65(68)74-63(62-73-75(69,70)72-60-59-66)61-71-64(67)57-55-53-51-49-47-45-43-41-39-37-35-26-24-22-20-18-16-14-12-10-8-6-4-2/h5,7,11,13,17,19,22-25,28-29,31-32,34,36,63H,3-4,6,8-10,12,14-16,18,20-21,26-27,30,33,35,37-62,66H2,1-2H3,(H,69,70)/b7-5-,13-11-,19-17-,24-22-,25-23-,29-28-,32-31-,36-34-. The van der Waals surface area contributed by atoms with Crippen LogP contribution in [0, 0.1) is 0 Å². The summed E-state index contributed by atoms with van der Waals surface area (Å²) in [6.45, 7) is 3.64. The Morgan fingerprint density at radius 1 is 0.413 bits per heavy atom. The first-order valence-corrected chi connectivity index (χ1v) is 32.2. The zero-order valence-corrected chi connectivity index (χ0v) is 49.2. The van der Waals surface area contributed by atoms with Crippen molar-refractivity contribution in [2.45, 2.75) is 277 Å². The Kier molecular flexibility index (Phi) is 57.7. The summed E-state index contributed by atoms with van der Waals surface area (Å²) in [6.07, 6.45) is 80.3. The third kappa shape index (κ3) is 60.0. The van der Waals surface area contributed by atoms with E-state index in [1.807, 2.05) is 0 Å². The van der Waals surface area contributed by atoms with E-state index in [1.54, 1.807) is 0 Å². The Balaban J connectivity index is 3.99. The van der Waals surface area contributed by atoms with Crippen molar-refractivity contribution in [2.75, 3.05) is 26.4 Å². The molecule has 0 aromatic rings. The second-order valence-corrected chi connectivity index (χ2v) is 21.6. The number of phosphoric acid groups is 1. The van der Waals surface area contributed by atoms with Crippen LogP contribution in [-0.2, 0) is 32.7 Å². The van der Waals surface area contributed by atoms with E-state index < -0.39 is 26.5 Å². The van der Waals surface area contributed by atoms with Gasteiger partial charge in [0.2, 0.25) is 0 Å². The highest BCUT2D eigenvalue weighted by Gasteiger charge is 2.26. The van der Waals surface area contributed by atoms with Gasteiger partial charge in [0.1, 0.15) is 6.61 Å². The van der Waals surface area contributed by atoms with Gasteiger partial charge in [-0.3, -0.25) is 18.6 Å². The van der Waals surface area contributed by atoms with Crippen LogP contribution in [0.2, 0.25) is 0 Å². The van der Waals surface area contributed by atoms with Crippen molar-refractivity contribution in [2.24, 2.45) is 5.73 Å². The molecule has 0 radical (unpaired) electrons. The van der Waals surface area contributed by atoms with Crippen LogP contribution in [0.5, 0.6) is 0 Å². The number of phosphoric ester groups is 1. The summed E-state index contributed by atoms with van der Waals surface area (Å²) in [7, 11) is -4.40. The third-order valence-corrected chi connectivity index (χ3v) is 13.9. The van der Waals surface area contributed by atoms with Crippen LogP contribution in [0.3, 0.4) is 0 Å². The molecule has 0 fully saturated rings. The largest absolute Gasteiger partial charge is 0.472 e. The van der Waals surface area contributed by atoms with Gasteiger partial charge in [0.25, 0.3) is 0 Å². The molecule has 0 rings (SSSR count). The van der Waals surface area contributed by atoms with Crippen LogP contribution >= 0.6 is 7.82 Å². The van der Waals surface area contributed by atoms with Gasteiger partial charge in [0.15, 0.2) is 6.10 Å². The Labute approximate surface area is 461 Å². The highest BCUT2D eigenvalue weighted by atomic mass is 31.2. The average Bonchev–Trinajstić information content (AvgIpc) is 3.40. The molecule has 9 nitrogen and oxygen atoms in total. The maximum Gasteiger partial charge on any atom is 0.472 e. The number of allylic oxidation sites excluding steroid dienone is 16. The number of nitrogens with two attached hydrogens (primary N) is 1. The summed E-state index contributed by atoms with van der Waals surface area (Å²) in [5.41, 5.74) is 5.39. The van der Waals surface area contributed by atoms with Crippen LogP contribution in [-0.4, -0.2) is 49.3 Å². The highest BCUT2D eigenvalue weighted by molar-refractivity contribution is 7.47. The Morgan fingerprint density at radius 3 is 1.11 bits per heavy atom. The van der Waals surface area contributed by atoms with Gasteiger partial charge in [-0.2, -0.15) is 0 Å². The molecule has 0 heterocycles. The Bertz CT molecular complexity index is 1550. The van der Waals surface area contributed by atoms with Crippen molar-refractivity contribution >= 4 is 19.8 Å². The summed E-state index contributed by atoms with van der Waals surface area (Å²) >= 11 is 0. The number of ether oxygens (including phenoxy) is 2. The van der Waals surface area contributed by atoms with Gasteiger partial charge in [-0.25, -0.2) is 4.57 Å². The molecule has 0 aliphatic heterocycles. The maximum atomic E-state index is 12.7. The first-order chi connectivity index (χ1) is 36.8. The van der Waals surface area contributed by atoms with Crippen LogP contribution in [0.25, 0.3) is 0 Å². The molecule has 0 aliphatic rings. The lowest BCUT2D eigenvalue weighted by molar-refractivity contribution is -0.161. The third-order valence-electron chi connectivity index (χ3n) is 13.0. The zero-order chi connectivity index (χ0) is 54.5. The van der Waals surface area contributed by atoms with Crippen molar-refractivity contribution in [3.05, 3.63) is 97.2 Å². The number of hydrogen-bond acceptors (Lipinski definition) is 8. The summed E-state index contributed by atoms with van der Waals surface area (Å²) in [5, 5.41) is 0. The summed E-state index contributed by atoms with van der Waals surface area (Å²) in [5.74, 6) is -0.833. The fourth-order valence-electron chi connectivity index (χ4n) is 8.44. The van der Waals surface area contributed by atoms with E-state index >= 15 is 0 Å². The minimum absolute atomic E-state index is 0.0486. The number of esters is 2. The maximum absolute atomic E-state index is 12.7. The van der Waals surface area contributed by atoms with Crippen LogP contribution in [0.15, 0.2) is 97.2 Å². The minimum Gasteiger partial charge on any atom is -0.462 e. The molecule has 0 aromatic carbocycles. The van der Waals surface area contributed by atoms with Gasteiger partial charge in [-0.15, -0.1) is 0 Å². The predicted molar refractivity (Wildman–Crippen MR) is 321 cm³/mol. The molecule has 0 saturated heterocycles. The van der Waals surface area contributed by atoms with Gasteiger partial charge in [0, 0.05) is 19.4 Å². The van der Waals surface area contributed by atoms with E-state index in [2.05, 4.69) is 111 Å². The van der Waals surface area contributed by atoms with Crippen LogP contribution in [0.1, 0.15) is 271 Å². The molecule has 2 atom stereocenters. The SMILES string of the molecule is CC/C=C\C/C=C\C/C=C\C/C=C\C/C=C\C/C=C\C/C=C\CCCCCCCCCCCC(=O)OC(COC(=O)CCCCCCCCCCCCC/C=C\CCCCCCCCCC)COP(=O)(O)OCCN. The number of hydrogen-bond donors (Lipinski definition) is 2. The van der Waals surface area contributed by atoms with E-state index in [4.69, 9.17) is 24.3 Å². The monoisotopic (exact) mass is 1070 g/mol. The normalized spacial score (nSPS) is 13.7. The molecule has 0 spiro atoms. The van der Waals surface area contributed by atoms with Gasteiger partial charge in [0.05, 0.1) is 13.2 Å². The minimum atomic E-state index is -4.40. The molecule has 2 unspecified atom stereocenters. The molecular weight excluding hydrogens is 954 g/mol. The molecule has 10 heteroatoms. The summed E-state index contributed by atoms with van der Waals surface area (Å²) in [4.78, 5) is 35.2. The number of carbonyl (C=O) groups is 2. The second-order valence-electron chi connectivity index (χ2n) is 20.2. The first-order valence-electron chi connectivity index (χ1n) is 30.7. The molecule has 0 aliphatic carbocycles. The quantitative estimate of drug-likeness (QED) is 0.0264. The van der Waals surface area contributed by atoms with Crippen molar-refractivity contribution in [1.29, 1.82) is 0 Å². The molecule has 0 bridgehead atoms. The lowest BCUT2D eigenvalue weighted by atomic mass is 10.0. The Morgan fingerprint density at radius 2 is 0.733 bits per heavy atom. The number of unbranched alkanes of at least 4 members (excludes halogenated alkanes) is 28. The topological polar surface area (TPSA) is 134 Å². The zero-order valence-electron chi connectivity index (χ0n) is 48.3. The van der Waals surface area contributed by atoms with Gasteiger partial charge < -0.3 is 20.1 Å². The van der Waals surface area contributed by atoms with Gasteiger partial charge >= 0.3 is 19.8 Å². The van der Waals surface area contributed by atoms with Crippen molar-refractivity contribution < 1.29 is 37.6 Å². The van der Waals surface area contributed by atoms with Crippen molar-refractivity contribution in [3.63, 3.8) is 0 Å². The van der Waals surface area contributed by atoms with E-state index in [-0.39, 0.29) is 38.6 Å². The fourth-order valence-corrected chi connectivity index (χ4v) is 9.20. The van der Waals surface area contributed by atoms with Gasteiger partial charge in [-0.1, -0.05) is 259 Å². The van der Waals surface area contributed by atoms with Crippen LogP contribution in [0.4, 0.5) is 0 Å². The summed E-state index contributed by atoms with van der Waals surface area (Å²) in [6, 6.07) is 0. The van der Waals surface area contributed by atoms with Crippen molar-refractivity contribution in [3.8, 4) is 0 Å². The molecule has 432 valence electrons. The predicted octanol–water partition coefficient (Wildman–Crippen LogP) is 19.6. The van der Waals surface area contributed by atoms with Crippen molar-refractivity contribution in [1.82, 2.24) is 0 Å². The van der Waals surface area contributed by atoms with E-state index in [1.165, 1.54) is 148 Å². The molecule has 0 aromatic heterocycles. The molecule has 0 saturated carbocycles. The lowest BCUT2D eigenvalue weighted by Crippen LogP contribution is -2.29.